The van der Waals surface area contributed by atoms with Crippen LogP contribution < -0.4 is 5.32 Å². The quantitative estimate of drug-likeness (QED) is 0.846. The van der Waals surface area contributed by atoms with Gasteiger partial charge < -0.3 is 10.1 Å². The number of carbonyl (C=O) groups excluding carboxylic acids is 1. The molecule has 1 aromatic carbocycles. The number of rotatable bonds is 2. The first-order chi connectivity index (χ1) is 12.6. The summed E-state index contributed by atoms with van der Waals surface area (Å²) in [5, 5.41) is 2.88. The summed E-state index contributed by atoms with van der Waals surface area (Å²) in [6.45, 7) is 1.55. The highest BCUT2D eigenvalue weighted by Crippen LogP contribution is 2.35. The maximum atomic E-state index is 13.4. The Morgan fingerprint density at radius 1 is 1.08 bits per heavy atom. The number of sulfonamides is 1. The molecule has 3 aliphatic rings. The predicted octanol–water partition coefficient (Wildman–Crippen LogP) is 1.48. The molecule has 2 fully saturated rings. The molecule has 0 spiro atoms. The molecule has 4 rings (SSSR count). The summed E-state index contributed by atoms with van der Waals surface area (Å²) in [7, 11) is -3.66. The number of benzene rings is 1. The van der Waals surface area contributed by atoms with Crippen LogP contribution >= 0.6 is 0 Å². The van der Waals surface area contributed by atoms with E-state index in [2.05, 4.69) is 5.32 Å². The van der Waals surface area contributed by atoms with Gasteiger partial charge >= 0.3 is 0 Å². The molecule has 0 radical (unpaired) electrons. The van der Waals surface area contributed by atoms with Crippen LogP contribution in [-0.4, -0.2) is 51.0 Å². The van der Waals surface area contributed by atoms with Crippen molar-refractivity contribution in [1.82, 2.24) is 9.62 Å². The molecule has 0 unspecified atom stereocenters. The molecule has 142 valence electrons. The number of ether oxygens (including phenoxy) is 1. The normalized spacial score (nSPS) is 27.6. The molecule has 1 amide bonds. The Hall–Kier alpha value is -1.44. The Bertz CT molecular complexity index is 793. The van der Waals surface area contributed by atoms with E-state index in [0.29, 0.717) is 31.2 Å². The van der Waals surface area contributed by atoms with Crippen molar-refractivity contribution < 1.29 is 17.9 Å². The first-order valence-electron chi connectivity index (χ1n) is 9.56. The van der Waals surface area contributed by atoms with Gasteiger partial charge in [0, 0.05) is 19.1 Å². The summed E-state index contributed by atoms with van der Waals surface area (Å²) in [6, 6.07) is 5.23. The first kappa shape index (κ1) is 17.9. The Balaban J connectivity index is 1.68. The molecule has 0 bridgehead atoms. The summed E-state index contributed by atoms with van der Waals surface area (Å²) >= 11 is 0. The molecule has 26 heavy (non-hydrogen) atoms. The lowest BCUT2D eigenvalue weighted by Gasteiger charge is -2.32. The molecular weight excluding hydrogens is 352 g/mol. The highest BCUT2D eigenvalue weighted by Gasteiger charge is 2.42. The molecule has 1 saturated heterocycles. The van der Waals surface area contributed by atoms with E-state index in [-0.39, 0.29) is 17.9 Å². The molecular formula is C19H26N2O4S. The van der Waals surface area contributed by atoms with E-state index < -0.39 is 10.0 Å². The van der Waals surface area contributed by atoms with E-state index in [9.17, 15) is 13.2 Å². The highest BCUT2D eigenvalue weighted by atomic mass is 32.2. The van der Waals surface area contributed by atoms with Crippen molar-refractivity contribution in [3.05, 3.63) is 29.3 Å². The van der Waals surface area contributed by atoms with Crippen molar-refractivity contribution in [3.63, 3.8) is 0 Å². The lowest BCUT2D eigenvalue weighted by Crippen LogP contribution is -2.49. The molecule has 1 saturated carbocycles. The second kappa shape index (κ2) is 7.29. The van der Waals surface area contributed by atoms with Gasteiger partial charge in [-0.2, -0.15) is 4.31 Å². The third-order valence-electron chi connectivity index (χ3n) is 5.86. The molecule has 1 aromatic rings. The molecule has 1 N–H and O–H groups in total. The van der Waals surface area contributed by atoms with E-state index in [1.54, 1.807) is 6.07 Å². The van der Waals surface area contributed by atoms with Crippen molar-refractivity contribution in [2.24, 2.45) is 5.92 Å². The summed E-state index contributed by atoms with van der Waals surface area (Å²) in [5.41, 5.74) is 2.40. The van der Waals surface area contributed by atoms with Crippen molar-refractivity contribution in [1.29, 1.82) is 0 Å². The van der Waals surface area contributed by atoms with Crippen LogP contribution in [-0.2, 0) is 32.4 Å². The van der Waals surface area contributed by atoms with Crippen LogP contribution in [0.5, 0.6) is 0 Å². The van der Waals surface area contributed by atoms with Crippen LogP contribution in [0.15, 0.2) is 23.1 Å². The standard InChI is InChI=1S/C19H26N2O4S/c22-19-17-5-2-6-18(17)21(10-12-25-11-9-20-19)26(23,24)16-8-7-14-3-1-4-15(14)13-16/h7-8,13,17-18H,1-6,9-12H2,(H,20,22)/t17-,18+/m1/s1. The number of aryl methyl sites for hydroxylation is 2. The Kier molecular flexibility index (Phi) is 5.03. The lowest BCUT2D eigenvalue weighted by molar-refractivity contribution is -0.126. The highest BCUT2D eigenvalue weighted by molar-refractivity contribution is 7.89. The second-order valence-corrected chi connectivity index (χ2v) is 9.30. The minimum absolute atomic E-state index is 0.0489. The number of carbonyl (C=O) groups is 1. The number of nitrogens with zero attached hydrogens (tertiary/aromatic N) is 1. The monoisotopic (exact) mass is 378 g/mol. The van der Waals surface area contributed by atoms with E-state index in [4.69, 9.17) is 4.74 Å². The Morgan fingerprint density at radius 3 is 2.81 bits per heavy atom. The van der Waals surface area contributed by atoms with Gasteiger partial charge in [-0.05, 0) is 55.4 Å². The molecule has 1 aliphatic heterocycles. The number of nitrogens with one attached hydrogen (secondary N) is 1. The molecule has 6 nitrogen and oxygen atoms in total. The SMILES string of the molecule is O=C1NCCOCCN(S(=O)(=O)c2ccc3c(c2)CCC3)[C@H]2CCC[C@@H]12. The third kappa shape index (κ3) is 3.28. The van der Waals surface area contributed by atoms with E-state index in [1.807, 2.05) is 12.1 Å². The maximum Gasteiger partial charge on any atom is 0.243 e. The Morgan fingerprint density at radius 2 is 1.92 bits per heavy atom. The first-order valence-corrected chi connectivity index (χ1v) is 11.0. The van der Waals surface area contributed by atoms with Gasteiger partial charge in [0.05, 0.1) is 24.0 Å². The van der Waals surface area contributed by atoms with Gasteiger partial charge in [-0.25, -0.2) is 8.42 Å². The largest absolute Gasteiger partial charge is 0.378 e. The van der Waals surface area contributed by atoms with Gasteiger partial charge in [0.15, 0.2) is 0 Å². The molecule has 7 heteroatoms. The van der Waals surface area contributed by atoms with Gasteiger partial charge in [-0.1, -0.05) is 12.5 Å². The summed E-state index contributed by atoms with van der Waals surface area (Å²) in [4.78, 5) is 12.8. The fourth-order valence-corrected chi connectivity index (χ4v) is 6.26. The fraction of sp³-hybridized carbons (Fsp3) is 0.632. The van der Waals surface area contributed by atoms with Crippen LogP contribution in [0, 0.1) is 5.92 Å². The van der Waals surface area contributed by atoms with Gasteiger partial charge in [0.25, 0.3) is 0 Å². The molecule has 2 atom stereocenters. The van der Waals surface area contributed by atoms with E-state index >= 15 is 0 Å². The van der Waals surface area contributed by atoms with Gasteiger partial charge in [-0.3, -0.25) is 4.79 Å². The van der Waals surface area contributed by atoms with E-state index in [1.165, 1.54) is 9.87 Å². The number of fused-ring (bicyclic) bond motifs is 2. The third-order valence-corrected chi connectivity index (χ3v) is 7.78. The van der Waals surface area contributed by atoms with Crippen molar-refractivity contribution in [2.75, 3.05) is 26.3 Å². The zero-order chi connectivity index (χ0) is 18.1. The lowest BCUT2D eigenvalue weighted by atomic mass is 10.0. The van der Waals surface area contributed by atoms with Gasteiger partial charge in [0.1, 0.15) is 0 Å². The zero-order valence-corrected chi connectivity index (χ0v) is 15.8. The van der Waals surface area contributed by atoms with Crippen molar-refractivity contribution in [2.45, 2.75) is 49.5 Å². The van der Waals surface area contributed by atoms with Crippen LogP contribution in [0.3, 0.4) is 0 Å². The molecule has 0 aromatic heterocycles. The molecule has 1 heterocycles. The summed E-state index contributed by atoms with van der Waals surface area (Å²) in [6.07, 6.45) is 5.39. The molecule has 2 aliphatic carbocycles. The minimum atomic E-state index is -3.66. The average molecular weight is 378 g/mol. The number of amides is 1. The van der Waals surface area contributed by atoms with Crippen LogP contribution in [0.25, 0.3) is 0 Å². The summed E-state index contributed by atoms with van der Waals surface area (Å²) < 4.78 is 33.9. The second-order valence-electron chi connectivity index (χ2n) is 7.41. The predicted molar refractivity (Wildman–Crippen MR) is 97.3 cm³/mol. The minimum Gasteiger partial charge on any atom is -0.378 e. The Labute approximate surface area is 155 Å². The smallest absolute Gasteiger partial charge is 0.243 e. The van der Waals surface area contributed by atoms with Crippen molar-refractivity contribution in [3.8, 4) is 0 Å². The van der Waals surface area contributed by atoms with E-state index in [0.717, 1.165) is 44.1 Å². The average Bonchev–Trinajstić information content (AvgIpc) is 3.29. The van der Waals surface area contributed by atoms with Gasteiger partial charge in [0.2, 0.25) is 15.9 Å². The van der Waals surface area contributed by atoms with Crippen LogP contribution in [0.4, 0.5) is 0 Å². The topological polar surface area (TPSA) is 75.7 Å². The zero-order valence-electron chi connectivity index (χ0n) is 14.9. The number of hydrogen-bond donors (Lipinski definition) is 1. The van der Waals surface area contributed by atoms with Crippen molar-refractivity contribution >= 4 is 15.9 Å². The summed E-state index contributed by atoms with van der Waals surface area (Å²) in [5.74, 6) is -0.315. The van der Waals surface area contributed by atoms with Crippen LogP contribution in [0.1, 0.15) is 36.8 Å². The van der Waals surface area contributed by atoms with Gasteiger partial charge in [-0.15, -0.1) is 0 Å². The number of hydrogen-bond acceptors (Lipinski definition) is 4. The fourth-order valence-electron chi connectivity index (χ4n) is 4.53. The maximum absolute atomic E-state index is 13.4. The van der Waals surface area contributed by atoms with Crippen LogP contribution in [0.2, 0.25) is 0 Å².